The zero-order valence-corrected chi connectivity index (χ0v) is 13.4. The van der Waals surface area contributed by atoms with E-state index in [1.165, 1.54) is 12.1 Å². The summed E-state index contributed by atoms with van der Waals surface area (Å²) in [6.45, 7) is 7.82. The molecule has 114 valence electrons. The number of nitrogens with zero attached hydrogens (tertiary/aromatic N) is 2. The molecule has 0 spiro atoms. The molecule has 0 atom stereocenters. The second-order valence-electron chi connectivity index (χ2n) is 6.25. The highest BCUT2D eigenvalue weighted by Crippen LogP contribution is 2.25. The third-order valence-electron chi connectivity index (χ3n) is 3.26. The zero-order valence-electron chi connectivity index (χ0n) is 12.4. The molecule has 0 fully saturated rings. The second kappa shape index (κ2) is 5.95. The number of nitro benzene ring substituents is 1. The SMILES string of the molecule is C[Si](C)(C)CCOCn1ccc2cc([N+](=O)[O-])c(F)cc21. The molecule has 1 aromatic carbocycles. The lowest BCUT2D eigenvalue weighted by Crippen LogP contribution is -2.21. The van der Waals surface area contributed by atoms with Gasteiger partial charge in [-0.3, -0.25) is 10.1 Å². The number of fused-ring (bicyclic) bond motifs is 1. The zero-order chi connectivity index (χ0) is 15.6. The van der Waals surface area contributed by atoms with Gasteiger partial charge in [-0.1, -0.05) is 19.6 Å². The van der Waals surface area contributed by atoms with Gasteiger partial charge in [-0.25, -0.2) is 0 Å². The van der Waals surface area contributed by atoms with Crippen LogP contribution in [0, 0.1) is 15.9 Å². The maximum atomic E-state index is 13.7. The number of benzene rings is 1. The van der Waals surface area contributed by atoms with E-state index in [1.807, 2.05) is 0 Å². The summed E-state index contributed by atoms with van der Waals surface area (Å²) in [7, 11) is -1.13. The molecule has 0 aliphatic rings. The van der Waals surface area contributed by atoms with E-state index < -0.39 is 24.5 Å². The molecule has 0 aliphatic heterocycles. The number of aromatic nitrogens is 1. The Labute approximate surface area is 123 Å². The molecule has 0 unspecified atom stereocenters. The molecule has 7 heteroatoms. The summed E-state index contributed by atoms with van der Waals surface area (Å²) in [5, 5.41) is 11.4. The minimum Gasteiger partial charge on any atom is -0.361 e. The van der Waals surface area contributed by atoms with Gasteiger partial charge in [-0.05, 0) is 12.1 Å². The first-order chi connectivity index (χ1) is 9.78. The molecule has 2 aromatic rings. The molecule has 0 saturated carbocycles. The van der Waals surface area contributed by atoms with Gasteiger partial charge >= 0.3 is 5.69 Å². The topological polar surface area (TPSA) is 57.3 Å². The van der Waals surface area contributed by atoms with Crippen molar-refractivity contribution >= 4 is 24.7 Å². The van der Waals surface area contributed by atoms with E-state index in [2.05, 4.69) is 19.6 Å². The maximum absolute atomic E-state index is 13.7. The van der Waals surface area contributed by atoms with Crippen molar-refractivity contribution in [3.05, 3.63) is 40.3 Å². The van der Waals surface area contributed by atoms with E-state index in [0.717, 1.165) is 6.04 Å². The summed E-state index contributed by atoms with van der Waals surface area (Å²) in [5.74, 6) is -0.824. The smallest absolute Gasteiger partial charge is 0.305 e. The Kier molecular flexibility index (Phi) is 4.43. The normalized spacial score (nSPS) is 12.0. The van der Waals surface area contributed by atoms with Crippen molar-refractivity contribution < 1.29 is 14.1 Å². The van der Waals surface area contributed by atoms with Crippen LogP contribution in [0.2, 0.25) is 25.7 Å². The molecule has 1 heterocycles. The van der Waals surface area contributed by atoms with Crippen molar-refractivity contribution in [2.75, 3.05) is 6.61 Å². The van der Waals surface area contributed by atoms with Gasteiger partial charge in [0, 0.05) is 38.4 Å². The highest BCUT2D eigenvalue weighted by atomic mass is 28.3. The van der Waals surface area contributed by atoms with E-state index >= 15 is 0 Å². The number of hydrogen-bond acceptors (Lipinski definition) is 3. The molecule has 2 rings (SSSR count). The van der Waals surface area contributed by atoms with Gasteiger partial charge in [-0.15, -0.1) is 0 Å². The lowest BCUT2D eigenvalue weighted by Gasteiger charge is -2.15. The van der Waals surface area contributed by atoms with Crippen LogP contribution in [0.3, 0.4) is 0 Å². The van der Waals surface area contributed by atoms with Gasteiger partial charge in [0.15, 0.2) is 0 Å². The van der Waals surface area contributed by atoms with Crippen molar-refractivity contribution in [1.29, 1.82) is 0 Å². The first-order valence-electron chi connectivity index (χ1n) is 6.78. The third-order valence-corrected chi connectivity index (χ3v) is 4.97. The summed E-state index contributed by atoms with van der Waals surface area (Å²) in [4.78, 5) is 10.0. The monoisotopic (exact) mass is 310 g/mol. The lowest BCUT2D eigenvalue weighted by atomic mass is 10.2. The largest absolute Gasteiger partial charge is 0.361 e. The van der Waals surface area contributed by atoms with Crippen LogP contribution in [0.5, 0.6) is 0 Å². The minimum absolute atomic E-state index is 0.325. The number of nitro groups is 1. The Balaban J connectivity index is 2.11. The number of hydrogen-bond donors (Lipinski definition) is 0. The highest BCUT2D eigenvalue weighted by Gasteiger charge is 2.17. The summed E-state index contributed by atoms with van der Waals surface area (Å²) in [6, 6.07) is 5.23. The fourth-order valence-corrected chi connectivity index (χ4v) is 2.75. The molecule has 21 heavy (non-hydrogen) atoms. The summed E-state index contributed by atoms with van der Waals surface area (Å²) in [6.07, 6.45) is 1.75. The molecule has 0 N–H and O–H groups in total. The van der Waals surface area contributed by atoms with Gasteiger partial charge in [0.2, 0.25) is 5.82 Å². The first-order valence-corrected chi connectivity index (χ1v) is 10.5. The lowest BCUT2D eigenvalue weighted by molar-refractivity contribution is -0.387. The molecular formula is C14H19FN2O3Si. The Morgan fingerprint density at radius 2 is 2.10 bits per heavy atom. The molecular weight excluding hydrogens is 291 g/mol. The predicted molar refractivity (Wildman–Crippen MR) is 82.7 cm³/mol. The molecule has 1 aromatic heterocycles. The van der Waals surface area contributed by atoms with E-state index in [1.54, 1.807) is 16.8 Å². The van der Waals surface area contributed by atoms with Crippen molar-refractivity contribution in [1.82, 2.24) is 4.57 Å². The fraction of sp³-hybridized carbons (Fsp3) is 0.429. The van der Waals surface area contributed by atoms with Crippen LogP contribution >= 0.6 is 0 Å². The van der Waals surface area contributed by atoms with Gasteiger partial charge in [-0.2, -0.15) is 4.39 Å². The number of ether oxygens (including phenoxy) is 1. The van der Waals surface area contributed by atoms with Crippen molar-refractivity contribution in [2.24, 2.45) is 0 Å². The quantitative estimate of drug-likeness (QED) is 0.351. The molecule has 0 aliphatic carbocycles. The van der Waals surface area contributed by atoms with Crippen LogP contribution in [0.1, 0.15) is 0 Å². The van der Waals surface area contributed by atoms with Crippen LogP contribution in [0.25, 0.3) is 10.9 Å². The minimum atomic E-state index is -1.13. The third kappa shape index (κ3) is 3.89. The maximum Gasteiger partial charge on any atom is 0.305 e. The van der Waals surface area contributed by atoms with Crippen molar-refractivity contribution in [3.63, 3.8) is 0 Å². The van der Waals surface area contributed by atoms with Crippen LogP contribution in [-0.4, -0.2) is 24.2 Å². The Morgan fingerprint density at radius 3 is 2.71 bits per heavy atom. The summed E-state index contributed by atoms with van der Waals surface area (Å²) in [5.41, 5.74) is 0.103. The van der Waals surface area contributed by atoms with Crippen molar-refractivity contribution in [3.8, 4) is 0 Å². The Morgan fingerprint density at radius 1 is 1.38 bits per heavy atom. The second-order valence-corrected chi connectivity index (χ2v) is 11.9. The molecule has 0 amide bonds. The van der Waals surface area contributed by atoms with Gasteiger partial charge in [0.25, 0.3) is 0 Å². The van der Waals surface area contributed by atoms with Crippen molar-refractivity contribution in [2.45, 2.75) is 32.4 Å². The van der Waals surface area contributed by atoms with Gasteiger partial charge in [0.1, 0.15) is 6.73 Å². The molecule has 0 saturated heterocycles. The van der Waals surface area contributed by atoms with Crippen LogP contribution in [0.4, 0.5) is 10.1 Å². The summed E-state index contributed by atoms with van der Waals surface area (Å²) < 4.78 is 21.1. The molecule has 0 bridgehead atoms. The Bertz CT molecular complexity index is 664. The first kappa shape index (κ1) is 15.7. The number of halogens is 1. The van der Waals surface area contributed by atoms with Gasteiger partial charge < -0.3 is 9.30 Å². The van der Waals surface area contributed by atoms with Crippen LogP contribution in [0.15, 0.2) is 24.4 Å². The summed E-state index contributed by atoms with van der Waals surface area (Å²) >= 11 is 0. The van der Waals surface area contributed by atoms with E-state index in [-0.39, 0.29) is 0 Å². The predicted octanol–water partition coefficient (Wildman–Crippen LogP) is 4.00. The fourth-order valence-electron chi connectivity index (χ4n) is 1.99. The van der Waals surface area contributed by atoms with E-state index in [4.69, 9.17) is 4.74 Å². The van der Waals surface area contributed by atoms with E-state index in [0.29, 0.717) is 24.2 Å². The average molecular weight is 310 g/mol. The number of rotatable bonds is 6. The van der Waals surface area contributed by atoms with Crippen LogP contribution < -0.4 is 0 Å². The van der Waals surface area contributed by atoms with E-state index in [9.17, 15) is 14.5 Å². The van der Waals surface area contributed by atoms with Gasteiger partial charge in [0.05, 0.1) is 10.4 Å². The highest BCUT2D eigenvalue weighted by molar-refractivity contribution is 6.76. The standard InChI is InChI=1S/C14H19FN2O3Si/c1-21(2,3)7-6-20-10-16-5-4-11-8-14(17(18)19)12(15)9-13(11)16/h4-5,8-9H,6-7,10H2,1-3H3. The Hall–Kier alpha value is -1.73. The van der Waals surface area contributed by atoms with Crippen LogP contribution in [-0.2, 0) is 11.5 Å². The molecule has 5 nitrogen and oxygen atoms in total. The average Bonchev–Trinajstić information content (AvgIpc) is 2.74. The molecule has 0 radical (unpaired) electrons.